The van der Waals surface area contributed by atoms with E-state index < -0.39 is 0 Å². The molecule has 0 saturated carbocycles. The molecule has 1 aromatic heterocycles. The summed E-state index contributed by atoms with van der Waals surface area (Å²) in [6, 6.07) is 27.0. The van der Waals surface area contributed by atoms with E-state index in [9.17, 15) is 14.4 Å². The van der Waals surface area contributed by atoms with Gasteiger partial charge in [-0.1, -0.05) is 54.6 Å². The van der Waals surface area contributed by atoms with E-state index in [0.717, 1.165) is 5.69 Å². The van der Waals surface area contributed by atoms with E-state index in [1.54, 1.807) is 42.5 Å². The molecule has 5 rings (SSSR count). The van der Waals surface area contributed by atoms with Gasteiger partial charge >= 0.3 is 0 Å². The second-order valence-electron chi connectivity index (χ2n) is 7.32. The largest absolute Gasteiger partial charge is 0.318 e. The monoisotopic (exact) mass is 406 g/mol. The van der Waals surface area contributed by atoms with Crippen LogP contribution in [0.15, 0.2) is 97.2 Å². The second kappa shape index (κ2) is 7.54. The van der Waals surface area contributed by atoms with E-state index in [0.29, 0.717) is 27.9 Å². The Morgan fingerprint density at radius 1 is 0.677 bits per heavy atom. The Morgan fingerprint density at radius 2 is 1.29 bits per heavy atom. The van der Waals surface area contributed by atoms with Crippen molar-refractivity contribution in [3.8, 4) is 5.69 Å². The lowest BCUT2D eigenvalue weighted by atomic mass is 10.0. The topological polar surface area (TPSA) is 59.4 Å². The van der Waals surface area contributed by atoms with Crippen LogP contribution in [0.4, 0.5) is 0 Å². The molecule has 4 aromatic rings. The van der Waals surface area contributed by atoms with E-state index in [1.165, 1.54) is 4.90 Å². The van der Waals surface area contributed by atoms with Gasteiger partial charge < -0.3 is 4.57 Å². The van der Waals surface area contributed by atoms with Crippen LogP contribution in [0.2, 0.25) is 0 Å². The summed E-state index contributed by atoms with van der Waals surface area (Å²) in [7, 11) is 0. The van der Waals surface area contributed by atoms with E-state index in [2.05, 4.69) is 0 Å². The summed E-state index contributed by atoms with van der Waals surface area (Å²) in [6.07, 6.45) is 1.84. The third kappa shape index (κ3) is 3.16. The number of imide groups is 1. The van der Waals surface area contributed by atoms with Crippen LogP contribution in [0.25, 0.3) is 5.69 Å². The molecule has 5 nitrogen and oxygen atoms in total. The lowest BCUT2D eigenvalue weighted by Crippen LogP contribution is -2.30. The summed E-state index contributed by atoms with van der Waals surface area (Å²) in [5, 5.41) is 0. The molecule has 1 aliphatic heterocycles. The molecule has 5 heteroatoms. The van der Waals surface area contributed by atoms with Crippen molar-refractivity contribution in [2.24, 2.45) is 0 Å². The fourth-order valence-corrected chi connectivity index (χ4v) is 3.95. The molecule has 1 aliphatic rings. The molecule has 0 fully saturated rings. The normalized spacial score (nSPS) is 12.8. The summed E-state index contributed by atoms with van der Waals surface area (Å²) in [4.78, 5) is 40.0. The first kappa shape index (κ1) is 18.8. The number of carbonyl (C=O) groups is 3. The van der Waals surface area contributed by atoms with Crippen LogP contribution < -0.4 is 0 Å². The summed E-state index contributed by atoms with van der Waals surface area (Å²) in [6.45, 7) is 0.118. The molecule has 0 saturated heterocycles. The smallest absolute Gasteiger partial charge is 0.261 e. The van der Waals surface area contributed by atoms with Crippen LogP contribution >= 0.6 is 0 Å². The van der Waals surface area contributed by atoms with Gasteiger partial charge in [0, 0.05) is 23.0 Å². The average molecular weight is 406 g/mol. The predicted octanol–water partition coefficient (Wildman–Crippen LogP) is 4.50. The van der Waals surface area contributed by atoms with E-state index >= 15 is 0 Å². The maximum absolute atomic E-state index is 13.1. The van der Waals surface area contributed by atoms with Gasteiger partial charge in [0.1, 0.15) is 0 Å². The minimum Gasteiger partial charge on any atom is -0.318 e. The second-order valence-corrected chi connectivity index (χ2v) is 7.32. The Hall–Kier alpha value is -4.25. The van der Waals surface area contributed by atoms with Crippen LogP contribution in [0, 0.1) is 0 Å². The van der Waals surface area contributed by atoms with Gasteiger partial charge in [-0.15, -0.1) is 0 Å². The van der Waals surface area contributed by atoms with Gasteiger partial charge in [-0.25, -0.2) is 0 Å². The maximum atomic E-state index is 13.1. The van der Waals surface area contributed by atoms with Crippen LogP contribution in [0.3, 0.4) is 0 Å². The van der Waals surface area contributed by atoms with Gasteiger partial charge in [0.2, 0.25) is 0 Å². The van der Waals surface area contributed by atoms with Gasteiger partial charge in [0.05, 0.1) is 23.4 Å². The minimum atomic E-state index is -0.304. The first-order chi connectivity index (χ1) is 15.1. The Morgan fingerprint density at radius 3 is 2.00 bits per heavy atom. The molecule has 0 radical (unpaired) electrons. The van der Waals surface area contributed by atoms with Crippen LogP contribution in [-0.4, -0.2) is 27.1 Å². The zero-order valence-corrected chi connectivity index (χ0v) is 16.6. The molecular weight excluding hydrogens is 388 g/mol. The van der Waals surface area contributed by atoms with Crippen molar-refractivity contribution in [1.82, 2.24) is 9.47 Å². The van der Waals surface area contributed by atoms with Crippen LogP contribution in [0.5, 0.6) is 0 Å². The van der Waals surface area contributed by atoms with Crippen molar-refractivity contribution in [2.45, 2.75) is 6.54 Å². The fourth-order valence-electron chi connectivity index (χ4n) is 3.95. The molecule has 0 atom stereocenters. The molecule has 3 aromatic carbocycles. The molecule has 2 heterocycles. The Labute approximate surface area is 179 Å². The summed E-state index contributed by atoms with van der Waals surface area (Å²) < 4.78 is 1.86. The van der Waals surface area contributed by atoms with Crippen molar-refractivity contribution in [3.63, 3.8) is 0 Å². The number of hydrogen-bond donors (Lipinski definition) is 0. The average Bonchev–Trinajstić information content (AvgIpc) is 3.38. The Balaban J connectivity index is 1.51. The number of para-hydroxylation sites is 1. The predicted molar refractivity (Wildman–Crippen MR) is 116 cm³/mol. The summed E-state index contributed by atoms with van der Waals surface area (Å²) >= 11 is 0. The molecule has 0 N–H and O–H groups in total. The number of hydrogen-bond acceptors (Lipinski definition) is 3. The first-order valence-electron chi connectivity index (χ1n) is 9.96. The van der Waals surface area contributed by atoms with Crippen molar-refractivity contribution >= 4 is 17.6 Å². The SMILES string of the molecule is O=C(c1ccccc1)c1ccccc1-n1cccc1CN1C(=O)c2ccccc2C1=O. The van der Waals surface area contributed by atoms with Gasteiger partial charge in [-0.3, -0.25) is 19.3 Å². The molecule has 150 valence electrons. The highest BCUT2D eigenvalue weighted by Crippen LogP contribution is 2.26. The highest BCUT2D eigenvalue weighted by molar-refractivity contribution is 6.21. The van der Waals surface area contributed by atoms with E-state index in [4.69, 9.17) is 0 Å². The van der Waals surface area contributed by atoms with E-state index in [1.807, 2.05) is 59.3 Å². The van der Waals surface area contributed by atoms with E-state index in [-0.39, 0.29) is 24.1 Å². The molecule has 0 aliphatic carbocycles. The maximum Gasteiger partial charge on any atom is 0.261 e. The van der Waals surface area contributed by atoms with Crippen molar-refractivity contribution in [1.29, 1.82) is 0 Å². The molecule has 0 bridgehead atoms. The number of aromatic nitrogens is 1. The van der Waals surface area contributed by atoms with Crippen LogP contribution in [-0.2, 0) is 6.54 Å². The first-order valence-corrected chi connectivity index (χ1v) is 9.96. The van der Waals surface area contributed by atoms with Gasteiger partial charge in [-0.2, -0.15) is 0 Å². The number of fused-ring (bicyclic) bond motifs is 1. The Bertz CT molecular complexity index is 1290. The van der Waals surface area contributed by atoms with Crippen molar-refractivity contribution in [2.75, 3.05) is 0 Å². The summed E-state index contributed by atoms with van der Waals surface area (Å²) in [5.74, 6) is -0.694. The Kier molecular flexibility index (Phi) is 4.56. The number of amides is 2. The third-order valence-electron chi connectivity index (χ3n) is 5.48. The summed E-state index contributed by atoms with van der Waals surface area (Å²) in [5.41, 5.74) is 3.43. The fraction of sp³-hybridized carbons (Fsp3) is 0.0385. The third-order valence-corrected chi connectivity index (χ3v) is 5.48. The number of nitrogens with zero attached hydrogens (tertiary/aromatic N) is 2. The highest BCUT2D eigenvalue weighted by atomic mass is 16.2. The zero-order valence-electron chi connectivity index (χ0n) is 16.6. The molecule has 2 amide bonds. The highest BCUT2D eigenvalue weighted by Gasteiger charge is 2.35. The molecule has 0 spiro atoms. The van der Waals surface area contributed by atoms with Crippen molar-refractivity contribution in [3.05, 3.63) is 125 Å². The lowest BCUT2D eigenvalue weighted by Gasteiger charge is -2.18. The molecular formula is C26H18N2O3. The minimum absolute atomic E-state index is 0.0865. The quantitative estimate of drug-likeness (QED) is 0.362. The van der Waals surface area contributed by atoms with Crippen molar-refractivity contribution < 1.29 is 14.4 Å². The standard InChI is InChI=1S/C26H18N2O3/c29-24(18-9-2-1-3-10-18)22-14-6-7-15-23(22)27-16-8-11-19(27)17-28-25(30)20-12-4-5-13-21(20)26(28)31/h1-16H,17H2. The number of benzene rings is 3. The number of rotatable bonds is 5. The van der Waals surface area contributed by atoms with Gasteiger partial charge in [0.25, 0.3) is 11.8 Å². The molecule has 31 heavy (non-hydrogen) atoms. The number of carbonyl (C=O) groups excluding carboxylic acids is 3. The zero-order chi connectivity index (χ0) is 21.4. The van der Waals surface area contributed by atoms with Gasteiger partial charge in [0.15, 0.2) is 5.78 Å². The molecule has 0 unspecified atom stereocenters. The van der Waals surface area contributed by atoms with Crippen LogP contribution in [0.1, 0.15) is 42.3 Å². The lowest BCUT2D eigenvalue weighted by molar-refractivity contribution is 0.0639. The van der Waals surface area contributed by atoms with Gasteiger partial charge in [-0.05, 0) is 36.4 Å². The number of ketones is 1.